The number of carboxylic acids is 1. The monoisotopic (exact) mass is 347 g/mol. The number of nitrogens with zero attached hydrogens (tertiary/aromatic N) is 1. The molecule has 0 fully saturated rings. The number of thiazole rings is 1. The van der Waals surface area contributed by atoms with Crippen LogP contribution in [0.25, 0.3) is 0 Å². The predicted molar refractivity (Wildman–Crippen MR) is 85.6 cm³/mol. The highest BCUT2D eigenvalue weighted by Crippen LogP contribution is 2.14. The van der Waals surface area contributed by atoms with Gasteiger partial charge in [0, 0.05) is 23.5 Å². The Morgan fingerprint density at radius 2 is 1.92 bits per heavy atom. The summed E-state index contributed by atoms with van der Waals surface area (Å²) in [5.74, 6) is -1.91. The number of nitrogens with one attached hydrogen (secondary N) is 1. The van der Waals surface area contributed by atoms with E-state index in [0.29, 0.717) is 28.6 Å². The average molecular weight is 347 g/mol. The van der Waals surface area contributed by atoms with Crippen molar-refractivity contribution in [2.45, 2.75) is 19.8 Å². The highest BCUT2D eigenvalue weighted by Gasteiger charge is 2.10. The van der Waals surface area contributed by atoms with Crippen molar-refractivity contribution in [2.75, 3.05) is 11.9 Å². The van der Waals surface area contributed by atoms with Crippen LogP contribution in [0.5, 0.6) is 0 Å². The minimum absolute atomic E-state index is 0.0390. The molecule has 0 saturated heterocycles. The smallest absolute Gasteiger partial charge is 0.338 e. The van der Waals surface area contributed by atoms with Crippen molar-refractivity contribution in [3.8, 4) is 0 Å². The normalized spacial score (nSPS) is 10.2. The first-order valence-corrected chi connectivity index (χ1v) is 8.06. The fraction of sp³-hybridized carbons (Fsp3) is 0.250. The Hall–Kier alpha value is -2.74. The third kappa shape index (κ3) is 5.17. The third-order valence-electron chi connectivity index (χ3n) is 2.92. The molecule has 0 unspecified atom stereocenters. The quantitative estimate of drug-likeness (QED) is 0.742. The van der Waals surface area contributed by atoms with E-state index in [0.717, 1.165) is 0 Å². The van der Waals surface area contributed by atoms with Gasteiger partial charge in [-0.2, -0.15) is 0 Å². The van der Waals surface area contributed by atoms with Crippen molar-refractivity contribution in [3.05, 3.63) is 45.9 Å². The zero-order valence-electron chi connectivity index (χ0n) is 12.9. The zero-order chi connectivity index (χ0) is 17.5. The Kier molecular flexibility index (Phi) is 6.02. The molecule has 0 aliphatic heterocycles. The van der Waals surface area contributed by atoms with Gasteiger partial charge in [0.2, 0.25) is 5.91 Å². The molecule has 1 heterocycles. The van der Waals surface area contributed by atoms with Crippen molar-refractivity contribution < 1.29 is 24.2 Å². The topological polar surface area (TPSA) is 108 Å². The van der Waals surface area contributed by atoms with Crippen LogP contribution in [0.15, 0.2) is 29.6 Å². The second-order valence-corrected chi connectivity index (χ2v) is 5.75. The molecule has 2 rings (SSSR count). The van der Waals surface area contributed by atoms with Gasteiger partial charge < -0.3 is 20.0 Å². The second kappa shape index (κ2) is 8.21. The van der Waals surface area contributed by atoms with Crippen molar-refractivity contribution in [1.82, 2.24) is 4.98 Å². The molecule has 24 heavy (non-hydrogen) atoms. The number of carbonyl (C=O) groups is 3. The first kappa shape index (κ1) is 17.6. The maximum atomic E-state index is 12.0. The molecule has 1 N–H and O–H groups in total. The fourth-order valence-corrected chi connectivity index (χ4v) is 2.70. The molecule has 0 atom stereocenters. The number of carbonyl (C=O) groups excluding carboxylic acids is 3. The molecular weight excluding hydrogens is 332 g/mol. The summed E-state index contributed by atoms with van der Waals surface area (Å²) in [7, 11) is 0. The molecule has 8 heteroatoms. The van der Waals surface area contributed by atoms with Crippen LogP contribution in [0.1, 0.15) is 28.0 Å². The van der Waals surface area contributed by atoms with Crippen molar-refractivity contribution >= 4 is 34.9 Å². The van der Waals surface area contributed by atoms with Crippen LogP contribution in [0.4, 0.5) is 5.69 Å². The zero-order valence-corrected chi connectivity index (χ0v) is 13.7. The molecule has 0 bridgehead atoms. The molecule has 2 aromatic rings. The van der Waals surface area contributed by atoms with E-state index in [4.69, 9.17) is 4.74 Å². The summed E-state index contributed by atoms with van der Waals surface area (Å²) in [6, 6.07) is 6.34. The van der Waals surface area contributed by atoms with E-state index in [1.807, 2.05) is 0 Å². The average Bonchev–Trinajstić information content (AvgIpc) is 2.94. The number of carboxylic acid groups (broad SMARTS) is 1. The van der Waals surface area contributed by atoms with Gasteiger partial charge in [0.15, 0.2) is 0 Å². The Morgan fingerprint density at radius 1 is 1.21 bits per heavy atom. The SMILES string of the molecule is CCOC(=O)c1ccc(NC(=O)Cc2nc(CC(=O)[O-])cs2)cc1. The summed E-state index contributed by atoms with van der Waals surface area (Å²) in [5, 5.41) is 15.3. The largest absolute Gasteiger partial charge is 0.550 e. The fourth-order valence-electron chi connectivity index (χ4n) is 1.91. The molecule has 126 valence electrons. The van der Waals surface area contributed by atoms with Crippen molar-refractivity contribution in [2.24, 2.45) is 0 Å². The lowest BCUT2D eigenvalue weighted by Crippen LogP contribution is -2.24. The van der Waals surface area contributed by atoms with Gasteiger partial charge in [-0.1, -0.05) is 0 Å². The number of rotatable bonds is 7. The Balaban J connectivity index is 1.91. The van der Waals surface area contributed by atoms with E-state index < -0.39 is 11.9 Å². The minimum atomic E-state index is -1.21. The first-order valence-electron chi connectivity index (χ1n) is 7.18. The third-order valence-corrected chi connectivity index (χ3v) is 3.81. The van der Waals surface area contributed by atoms with E-state index in [9.17, 15) is 19.5 Å². The van der Waals surface area contributed by atoms with E-state index in [-0.39, 0.29) is 18.7 Å². The molecule has 7 nitrogen and oxygen atoms in total. The number of aliphatic carboxylic acids is 1. The number of benzene rings is 1. The number of aromatic nitrogens is 1. The van der Waals surface area contributed by atoms with Gasteiger partial charge in [0.05, 0.1) is 24.3 Å². The van der Waals surface area contributed by atoms with Crippen LogP contribution in [-0.4, -0.2) is 29.4 Å². The number of esters is 1. The number of hydrogen-bond donors (Lipinski definition) is 1. The summed E-state index contributed by atoms with van der Waals surface area (Å²) < 4.78 is 4.88. The summed E-state index contributed by atoms with van der Waals surface area (Å²) >= 11 is 1.22. The van der Waals surface area contributed by atoms with Gasteiger partial charge in [-0.3, -0.25) is 4.79 Å². The highest BCUT2D eigenvalue weighted by molar-refractivity contribution is 7.09. The molecular formula is C16H15N2O5S-. The second-order valence-electron chi connectivity index (χ2n) is 4.80. The maximum absolute atomic E-state index is 12.0. The van der Waals surface area contributed by atoms with Crippen molar-refractivity contribution in [1.29, 1.82) is 0 Å². The Bertz CT molecular complexity index is 739. The number of anilines is 1. The lowest BCUT2D eigenvalue weighted by Gasteiger charge is -2.05. The number of amides is 1. The number of hydrogen-bond acceptors (Lipinski definition) is 7. The van der Waals surface area contributed by atoms with Crippen LogP contribution in [-0.2, 0) is 27.2 Å². The van der Waals surface area contributed by atoms with Crippen molar-refractivity contribution in [3.63, 3.8) is 0 Å². The molecule has 0 spiro atoms. The summed E-state index contributed by atoms with van der Waals surface area (Å²) in [6.45, 7) is 2.02. The minimum Gasteiger partial charge on any atom is -0.550 e. The van der Waals surface area contributed by atoms with E-state index >= 15 is 0 Å². The summed E-state index contributed by atoms with van der Waals surface area (Å²) in [6.07, 6.45) is -0.231. The van der Waals surface area contributed by atoms with Gasteiger partial charge in [0.1, 0.15) is 5.01 Å². The summed E-state index contributed by atoms with van der Waals surface area (Å²) in [5.41, 5.74) is 1.32. The van der Waals surface area contributed by atoms with E-state index in [1.54, 1.807) is 36.6 Å². The molecule has 0 saturated carbocycles. The molecule has 0 aliphatic carbocycles. The van der Waals surface area contributed by atoms with Gasteiger partial charge in [-0.15, -0.1) is 11.3 Å². The Morgan fingerprint density at radius 3 is 2.54 bits per heavy atom. The molecule has 1 amide bonds. The lowest BCUT2D eigenvalue weighted by atomic mass is 10.2. The van der Waals surface area contributed by atoms with E-state index in [2.05, 4.69) is 10.3 Å². The highest BCUT2D eigenvalue weighted by atomic mass is 32.1. The van der Waals surface area contributed by atoms with Crippen LogP contribution >= 0.6 is 11.3 Å². The predicted octanol–water partition coefficient (Wildman–Crippen LogP) is 0.793. The maximum Gasteiger partial charge on any atom is 0.338 e. The van der Waals surface area contributed by atoms with Gasteiger partial charge in [-0.05, 0) is 31.2 Å². The molecule has 1 aromatic carbocycles. The lowest BCUT2D eigenvalue weighted by molar-refractivity contribution is -0.304. The molecule has 1 aromatic heterocycles. The first-order chi connectivity index (χ1) is 11.5. The van der Waals surface area contributed by atoms with Crippen LogP contribution in [0.2, 0.25) is 0 Å². The Labute approximate surface area is 142 Å². The molecule has 0 radical (unpaired) electrons. The van der Waals surface area contributed by atoms with Gasteiger partial charge in [-0.25, -0.2) is 9.78 Å². The number of ether oxygens (including phenoxy) is 1. The standard InChI is InChI=1S/C16H16N2O5S/c1-2-23-16(22)10-3-5-11(6-4-10)17-13(19)8-14-18-12(9-24-14)7-15(20)21/h3-6,9H,2,7-8H2,1H3,(H,17,19)(H,20,21)/p-1. The van der Waals surface area contributed by atoms with Gasteiger partial charge >= 0.3 is 5.97 Å². The van der Waals surface area contributed by atoms with Crippen LogP contribution in [0, 0.1) is 0 Å². The summed E-state index contributed by atoms with van der Waals surface area (Å²) in [4.78, 5) is 38.1. The van der Waals surface area contributed by atoms with Gasteiger partial charge in [0.25, 0.3) is 0 Å². The van der Waals surface area contributed by atoms with E-state index in [1.165, 1.54) is 11.3 Å². The van der Waals surface area contributed by atoms with Crippen LogP contribution < -0.4 is 10.4 Å². The van der Waals surface area contributed by atoms with Crippen LogP contribution in [0.3, 0.4) is 0 Å². The molecule has 0 aliphatic rings.